The van der Waals surface area contributed by atoms with E-state index < -0.39 is 0 Å². The van der Waals surface area contributed by atoms with E-state index in [1.165, 1.54) is 44.3 Å². The molecule has 0 aromatic carbocycles. The van der Waals surface area contributed by atoms with Gasteiger partial charge in [-0.2, -0.15) is 0 Å². The number of methoxy groups -OCH3 is 1. The van der Waals surface area contributed by atoms with Crippen LogP contribution in [0.25, 0.3) is 0 Å². The van der Waals surface area contributed by atoms with E-state index in [-0.39, 0.29) is 0 Å². The lowest BCUT2D eigenvalue weighted by molar-refractivity contribution is 0.273. The van der Waals surface area contributed by atoms with Crippen molar-refractivity contribution in [2.24, 2.45) is 0 Å². The van der Waals surface area contributed by atoms with Crippen LogP contribution in [0, 0.1) is 0 Å². The van der Waals surface area contributed by atoms with Gasteiger partial charge in [-0.25, -0.2) is 0 Å². The standard InChI is InChI=1S/C10H18O/c1-11-10-8-6-4-2-3-5-7-9-10/h8H,2-7,9H2,1H3. The summed E-state index contributed by atoms with van der Waals surface area (Å²) < 4.78 is 5.24. The van der Waals surface area contributed by atoms with E-state index in [2.05, 4.69) is 6.08 Å². The summed E-state index contributed by atoms with van der Waals surface area (Å²) in [5.74, 6) is 1.20. The average molecular weight is 154 g/mol. The zero-order valence-electron chi connectivity index (χ0n) is 7.44. The van der Waals surface area contributed by atoms with Crippen molar-refractivity contribution >= 4 is 0 Å². The molecule has 0 atom stereocenters. The Kier molecular flexibility index (Phi) is 4.10. The predicted octanol–water partition coefficient (Wildman–Crippen LogP) is 3.26. The Bertz CT molecular complexity index is 127. The quantitative estimate of drug-likeness (QED) is 0.563. The fourth-order valence-electron chi connectivity index (χ4n) is 1.52. The Balaban J connectivity index is 2.34. The van der Waals surface area contributed by atoms with Gasteiger partial charge in [0.2, 0.25) is 0 Å². The van der Waals surface area contributed by atoms with Gasteiger partial charge in [-0.15, -0.1) is 0 Å². The Morgan fingerprint density at radius 1 is 1.09 bits per heavy atom. The van der Waals surface area contributed by atoms with Gasteiger partial charge in [-0.1, -0.05) is 19.3 Å². The fraction of sp³-hybridized carbons (Fsp3) is 0.800. The lowest BCUT2D eigenvalue weighted by Gasteiger charge is -2.03. The van der Waals surface area contributed by atoms with Crippen LogP contribution in [0.3, 0.4) is 0 Å². The van der Waals surface area contributed by atoms with Crippen LogP contribution in [0.4, 0.5) is 0 Å². The van der Waals surface area contributed by atoms with Crippen LogP contribution in [-0.2, 0) is 4.74 Å². The van der Waals surface area contributed by atoms with Crippen molar-refractivity contribution in [2.75, 3.05) is 7.11 Å². The van der Waals surface area contributed by atoms with Gasteiger partial charge < -0.3 is 4.74 Å². The first-order chi connectivity index (χ1) is 5.43. The van der Waals surface area contributed by atoms with Gasteiger partial charge in [0.15, 0.2) is 0 Å². The van der Waals surface area contributed by atoms with E-state index in [1.807, 2.05) is 0 Å². The SMILES string of the molecule is COC1=CCCCCCCC1. The molecule has 1 heteroatoms. The molecule has 0 amide bonds. The van der Waals surface area contributed by atoms with Gasteiger partial charge >= 0.3 is 0 Å². The fourth-order valence-corrected chi connectivity index (χ4v) is 1.52. The second-order valence-electron chi connectivity index (χ2n) is 3.18. The van der Waals surface area contributed by atoms with Crippen molar-refractivity contribution in [3.05, 3.63) is 11.8 Å². The predicted molar refractivity (Wildman–Crippen MR) is 47.4 cm³/mol. The molecule has 0 bridgehead atoms. The van der Waals surface area contributed by atoms with Crippen molar-refractivity contribution in [1.82, 2.24) is 0 Å². The highest BCUT2D eigenvalue weighted by Gasteiger charge is 1.99. The highest BCUT2D eigenvalue weighted by molar-refractivity contribution is 4.93. The normalized spacial score (nSPS) is 21.0. The molecule has 0 heterocycles. The summed E-state index contributed by atoms with van der Waals surface area (Å²) in [6.07, 6.45) is 11.4. The minimum Gasteiger partial charge on any atom is -0.501 e. The third kappa shape index (κ3) is 3.45. The molecule has 0 aromatic heterocycles. The van der Waals surface area contributed by atoms with Crippen molar-refractivity contribution in [3.8, 4) is 0 Å². The number of hydrogen-bond acceptors (Lipinski definition) is 1. The van der Waals surface area contributed by atoms with Crippen molar-refractivity contribution in [3.63, 3.8) is 0 Å². The summed E-state index contributed by atoms with van der Waals surface area (Å²) in [7, 11) is 1.78. The van der Waals surface area contributed by atoms with Crippen molar-refractivity contribution in [1.29, 1.82) is 0 Å². The smallest absolute Gasteiger partial charge is 0.0915 e. The van der Waals surface area contributed by atoms with Gasteiger partial charge in [0, 0.05) is 6.42 Å². The van der Waals surface area contributed by atoms with Crippen LogP contribution in [-0.4, -0.2) is 7.11 Å². The third-order valence-corrected chi connectivity index (χ3v) is 2.26. The lowest BCUT2D eigenvalue weighted by atomic mass is 10.1. The Morgan fingerprint density at radius 2 is 1.82 bits per heavy atom. The molecular weight excluding hydrogens is 136 g/mol. The van der Waals surface area contributed by atoms with Crippen LogP contribution in [0.2, 0.25) is 0 Å². The summed E-state index contributed by atoms with van der Waals surface area (Å²) in [5.41, 5.74) is 0. The Hall–Kier alpha value is -0.460. The highest BCUT2D eigenvalue weighted by Crippen LogP contribution is 2.16. The molecule has 11 heavy (non-hydrogen) atoms. The summed E-state index contributed by atoms with van der Waals surface area (Å²) in [6, 6.07) is 0. The van der Waals surface area contributed by atoms with Crippen LogP contribution in [0.1, 0.15) is 44.9 Å². The minimum atomic E-state index is 1.15. The van der Waals surface area contributed by atoms with Gasteiger partial charge in [0.1, 0.15) is 0 Å². The van der Waals surface area contributed by atoms with Gasteiger partial charge in [0.25, 0.3) is 0 Å². The molecule has 0 saturated heterocycles. The summed E-state index contributed by atoms with van der Waals surface area (Å²) in [6.45, 7) is 0. The molecule has 0 aliphatic heterocycles. The first-order valence-electron chi connectivity index (χ1n) is 4.66. The monoisotopic (exact) mass is 154 g/mol. The molecule has 0 aromatic rings. The minimum absolute atomic E-state index is 1.15. The molecular formula is C10H18O. The zero-order chi connectivity index (χ0) is 7.94. The molecule has 0 unspecified atom stereocenters. The van der Waals surface area contributed by atoms with Crippen molar-refractivity contribution in [2.45, 2.75) is 44.9 Å². The van der Waals surface area contributed by atoms with E-state index in [4.69, 9.17) is 4.74 Å². The number of ether oxygens (including phenoxy) is 1. The second-order valence-corrected chi connectivity index (χ2v) is 3.18. The molecule has 0 saturated carbocycles. The van der Waals surface area contributed by atoms with E-state index in [0.29, 0.717) is 0 Å². The number of rotatable bonds is 1. The molecule has 1 rings (SSSR count). The topological polar surface area (TPSA) is 9.23 Å². The highest BCUT2D eigenvalue weighted by atomic mass is 16.5. The first-order valence-corrected chi connectivity index (χ1v) is 4.66. The number of allylic oxidation sites excluding steroid dienone is 2. The van der Waals surface area contributed by atoms with E-state index >= 15 is 0 Å². The molecule has 1 aliphatic rings. The van der Waals surface area contributed by atoms with Crippen molar-refractivity contribution < 1.29 is 4.74 Å². The van der Waals surface area contributed by atoms with E-state index in [0.717, 1.165) is 6.42 Å². The van der Waals surface area contributed by atoms with Gasteiger partial charge in [-0.05, 0) is 25.3 Å². The molecule has 1 aliphatic carbocycles. The molecule has 0 N–H and O–H groups in total. The Morgan fingerprint density at radius 3 is 2.64 bits per heavy atom. The molecule has 0 radical (unpaired) electrons. The van der Waals surface area contributed by atoms with Crippen LogP contribution < -0.4 is 0 Å². The maximum Gasteiger partial charge on any atom is 0.0915 e. The van der Waals surface area contributed by atoms with Gasteiger partial charge in [0.05, 0.1) is 12.9 Å². The molecule has 1 nitrogen and oxygen atoms in total. The lowest BCUT2D eigenvalue weighted by Crippen LogP contribution is -1.86. The molecule has 0 spiro atoms. The maximum atomic E-state index is 5.24. The van der Waals surface area contributed by atoms with Crippen LogP contribution >= 0.6 is 0 Å². The summed E-state index contributed by atoms with van der Waals surface area (Å²) >= 11 is 0. The second kappa shape index (κ2) is 5.22. The maximum absolute atomic E-state index is 5.24. The van der Waals surface area contributed by atoms with E-state index in [9.17, 15) is 0 Å². The van der Waals surface area contributed by atoms with E-state index in [1.54, 1.807) is 7.11 Å². The average Bonchev–Trinajstić information content (AvgIpc) is 2.16. The van der Waals surface area contributed by atoms with Crippen LogP contribution in [0.15, 0.2) is 11.8 Å². The Labute approximate surface area is 69.4 Å². The number of hydrogen-bond donors (Lipinski definition) is 0. The molecule has 0 fully saturated rings. The zero-order valence-corrected chi connectivity index (χ0v) is 7.44. The molecule has 64 valence electrons. The summed E-state index contributed by atoms with van der Waals surface area (Å²) in [5, 5.41) is 0. The first kappa shape index (κ1) is 8.63. The van der Waals surface area contributed by atoms with Gasteiger partial charge in [-0.3, -0.25) is 0 Å². The largest absolute Gasteiger partial charge is 0.501 e. The third-order valence-electron chi connectivity index (χ3n) is 2.26. The summed E-state index contributed by atoms with van der Waals surface area (Å²) in [4.78, 5) is 0. The van der Waals surface area contributed by atoms with Crippen LogP contribution in [0.5, 0.6) is 0 Å².